The number of nitrogens with one attached hydrogen (secondary N) is 2. The number of fused-ring (bicyclic) bond motifs is 1. The largest absolute Gasteiger partial charge is 0.493 e. The zero-order valence-electron chi connectivity index (χ0n) is 17.8. The van der Waals surface area contributed by atoms with Gasteiger partial charge in [-0.2, -0.15) is 0 Å². The van der Waals surface area contributed by atoms with Gasteiger partial charge in [-0.15, -0.1) is 0 Å². The maximum atomic E-state index is 12.8. The highest BCUT2D eigenvalue weighted by Gasteiger charge is 2.17. The minimum atomic E-state index is -0.333. The van der Waals surface area contributed by atoms with E-state index < -0.39 is 0 Å². The Bertz CT molecular complexity index is 1210. The monoisotopic (exact) mass is 434 g/mol. The molecule has 9 nitrogen and oxygen atoms in total. The topological polar surface area (TPSA) is 108 Å². The van der Waals surface area contributed by atoms with Gasteiger partial charge in [0.05, 0.1) is 33.0 Å². The van der Waals surface area contributed by atoms with Crippen LogP contribution in [0.15, 0.2) is 59.5 Å². The number of anilines is 2. The summed E-state index contributed by atoms with van der Waals surface area (Å²) < 4.78 is 21.7. The fourth-order valence-corrected chi connectivity index (χ4v) is 3.24. The van der Waals surface area contributed by atoms with Crippen molar-refractivity contribution in [3.05, 3.63) is 66.3 Å². The summed E-state index contributed by atoms with van der Waals surface area (Å²) in [5, 5.41) is 6.80. The number of furan rings is 1. The molecule has 0 bridgehead atoms. The minimum absolute atomic E-state index is 0.214. The van der Waals surface area contributed by atoms with Gasteiger partial charge in [-0.3, -0.25) is 9.78 Å². The summed E-state index contributed by atoms with van der Waals surface area (Å²) in [5.74, 6) is 1.58. The predicted molar refractivity (Wildman–Crippen MR) is 119 cm³/mol. The van der Waals surface area contributed by atoms with E-state index in [1.165, 1.54) is 7.11 Å². The highest BCUT2D eigenvalue weighted by atomic mass is 16.5. The van der Waals surface area contributed by atoms with Gasteiger partial charge < -0.3 is 29.3 Å². The Morgan fingerprint density at radius 3 is 2.50 bits per heavy atom. The third-order valence-corrected chi connectivity index (χ3v) is 4.79. The Kier molecular flexibility index (Phi) is 6.07. The number of rotatable bonds is 8. The van der Waals surface area contributed by atoms with Crippen LogP contribution in [0.4, 0.5) is 11.5 Å². The van der Waals surface area contributed by atoms with Gasteiger partial charge in [0, 0.05) is 42.8 Å². The summed E-state index contributed by atoms with van der Waals surface area (Å²) in [7, 11) is 4.62. The fourth-order valence-electron chi connectivity index (χ4n) is 3.24. The van der Waals surface area contributed by atoms with Crippen molar-refractivity contribution in [2.45, 2.75) is 6.54 Å². The molecular formula is C23H22N4O5. The van der Waals surface area contributed by atoms with Crippen molar-refractivity contribution in [3.63, 3.8) is 0 Å². The van der Waals surface area contributed by atoms with E-state index in [0.717, 1.165) is 10.9 Å². The molecule has 32 heavy (non-hydrogen) atoms. The summed E-state index contributed by atoms with van der Waals surface area (Å²) in [6, 6.07) is 10.6. The van der Waals surface area contributed by atoms with E-state index in [0.29, 0.717) is 40.9 Å². The lowest BCUT2D eigenvalue weighted by molar-refractivity contribution is 0.0946. The van der Waals surface area contributed by atoms with E-state index in [1.807, 2.05) is 12.1 Å². The van der Waals surface area contributed by atoms with Crippen molar-refractivity contribution >= 4 is 28.4 Å². The molecular weight excluding hydrogens is 412 g/mol. The van der Waals surface area contributed by atoms with Crippen LogP contribution in [-0.2, 0) is 6.54 Å². The first-order valence-corrected chi connectivity index (χ1v) is 9.75. The molecule has 0 spiro atoms. The van der Waals surface area contributed by atoms with Crippen LogP contribution in [0, 0.1) is 0 Å². The molecule has 0 atom stereocenters. The lowest BCUT2D eigenvalue weighted by Gasteiger charge is -2.15. The zero-order chi connectivity index (χ0) is 22.5. The lowest BCUT2D eigenvalue weighted by Crippen LogP contribution is -2.24. The average molecular weight is 434 g/mol. The van der Waals surface area contributed by atoms with E-state index >= 15 is 0 Å². The minimum Gasteiger partial charge on any atom is -0.493 e. The second kappa shape index (κ2) is 9.25. The Morgan fingerprint density at radius 1 is 1.06 bits per heavy atom. The first kappa shape index (κ1) is 21.0. The van der Waals surface area contributed by atoms with E-state index in [1.54, 1.807) is 57.1 Å². The molecule has 0 saturated carbocycles. The summed E-state index contributed by atoms with van der Waals surface area (Å²) in [6.07, 6.45) is 4.92. The molecule has 1 amide bonds. The van der Waals surface area contributed by atoms with E-state index in [2.05, 4.69) is 20.6 Å². The van der Waals surface area contributed by atoms with Crippen LogP contribution >= 0.6 is 0 Å². The number of pyridine rings is 2. The molecule has 0 aliphatic heterocycles. The van der Waals surface area contributed by atoms with Gasteiger partial charge in [0.25, 0.3) is 5.91 Å². The van der Waals surface area contributed by atoms with Crippen LogP contribution < -0.4 is 24.8 Å². The standard InChI is InChI=1S/C23H22N4O5/c1-29-19-9-15(10-20(30-2)21(19)31-3)26-22-16-6-8-32-18(16)11-17(27-22)23(28)25-13-14-5-4-7-24-12-14/h4-12H,13H2,1-3H3,(H,25,28)(H,26,27). The van der Waals surface area contributed by atoms with Gasteiger partial charge in [0.1, 0.15) is 17.1 Å². The van der Waals surface area contributed by atoms with Gasteiger partial charge in [-0.1, -0.05) is 6.07 Å². The van der Waals surface area contributed by atoms with Crippen molar-refractivity contribution < 1.29 is 23.4 Å². The number of hydrogen-bond acceptors (Lipinski definition) is 8. The number of carbonyl (C=O) groups excluding carboxylic acids is 1. The Labute approximate surface area is 184 Å². The molecule has 164 valence electrons. The molecule has 0 aliphatic carbocycles. The molecule has 0 radical (unpaired) electrons. The molecule has 2 N–H and O–H groups in total. The third-order valence-electron chi connectivity index (χ3n) is 4.79. The molecule has 0 saturated heterocycles. The lowest BCUT2D eigenvalue weighted by atomic mass is 10.2. The number of amides is 1. The molecule has 4 rings (SSSR count). The second-order valence-corrected chi connectivity index (χ2v) is 6.77. The van der Waals surface area contributed by atoms with Crippen LogP contribution in [0.1, 0.15) is 16.1 Å². The average Bonchev–Trinajstić information content (AvgIpc) is 3.31. The normalized spacial score (nSPS) is 10.6. The first-order chi connectivity index (χ1) is 15.6. The number of benzene rings is 1. The smallest absolute Gasteiger partial charge is 0.270 e. The Hall–Kier alpha value is -4.27. The van der Waals surface area contributed by atoms with Gasteiger partial charge in [0.15, 0.2) is 11.5 Å². The number of methoxy groups -OCH3 is 3. The summed E-state index contributed by atoms with van der Waals surface area (Å²) >= 11 is 0. The van der Waals surface area contributed by atoms with Gasteiger partial charge in [-0.25, -0.2) is 4.98 Å². The summed E-state index contributed by atoms with van der Waals surface area (Å²) in [5.41, 5.74) is 2.27. The van der Waals surface area contributed by atoms with Gasteiger partial charge >= 0.3 is 0 Å². The van der Waals surface area contributed by atoms with Crippen molar-refractivity contribution in [2.24, 2.45) is 0 Å². The third kappa shape index (κ3) is 4.27. The van der Waals surface area contributed by atoms with E-state index in [4.69, 9.17) is 18.6 Å². The molecule has 0 aliphatic rings. The molecule has 1 aromatic carbocycles. The number of ether oxygens (including phenoxy) is 3. The van der Waals surface area contributed by atoms with Crippen molar-refractivity contribution in [3.8, 4) is 17.2 Å². The molecule has 0 fully saturated rings. The van der Waals surface area contributed by atoms with Gasteiger partial charge in [-0.05, 0) is 17.7 Å². The highest BCUT2D eigenvalue weighted by Crippen LogP contribution is 2.41. The molecule has 4 aromatic rings. The summed E-state index contributed by atoms with van der Waals surface area (Å²) in [6.45, 7) is 0.334. The quantitative estimate of drug-likeness (QED) is 0.430. The van der Waals surface area contributed by atoms with E-state index in [-0.39, 0.29) is 11.6 Å². The number of nitrogens with zero attached hydrogens (tertiary/aromatic N) is 2. The van der Waals surface area contributed by atoms with Crippen LogP contribution in [0.25, 0.3) is 11.0 Å². The second-order valence-electron chi connectivity index (χ2n) is 6.77. The maximum absolute atomic E-state index is 12.8. The zero-order valence-corrected chi connectivity index (χ0v) is 17.8. The van der Waals surface area contributed by atoms with Gasteiger partial charge in [0.2, 0.25) is 5.75 Å². The number of hydrogen-bond donors (Lipinski definition) is 2. The SMILES string of the molecule is COc1cc(Nc2nc(C(=O)NCc3cccnc3)cc3occc23)cc(OC)c1OC. The highest BCUT2D eigenvalue weighted by molar-refractivity contribution is 5.99. The predicted octanol–water partition coefficient (Wildman–Crippen LogP) is 3.92. The van der Waals surface area contributed by atoms with Crippen LogP contribution in [0.5, 0.6) is 17.2 Å². The molecule has 0 unspecified atom stereocenters. The maximum Gasteiger partial charge on any atom is 0.270 e. The van der Waals surface area contributed by atoms with Crippen molar-refractivity contribution in [1.29, 1.82) is 0 Å². The summed E-state index contributed by atoms with van der Waals surface area (Å²) in [4.78, 5) is 21.3. The fraction of sp³-hybridized carbons (Fsp3) is 0.174. The molecule has 3 heterocycles. The van der Waals surface area contributed by atoms with Crippen molar-refractivity contribution in [2.75, 3.05) is 26.6 Å². The van der Waals surface area contributed by atoms with Crippen LogP contribution in [0.2, 0.25) is 0 Å². The van der Waals surface area contributed by atoms with E-state index in [9.17, 15) is 4.79 Å². The molecule has 3 aromatic heterocycles. The molecule has 9 heteroatoms. The van der Waals surface area contributed by atoms with Crippen molar-refractivity contribution in [1.82, 2.24) is 15.3 Å². The Morgan fingerprint density at radius 2 is 1.84 bits per heavy atom. The number of aromatic nitrogens is 2. The first-order valence-electron chi connectivity index (χ1n) is 9.75. The van der Waals surface area contributed by atoms with Crippen LogP contribution in [0.3, 0.4) is 0 Å². The van der Waals surface area contributed by atoms with Crippen LogP contribution in [-0.4, -0.2) is 37.2 Å². The number of carbonyl (C=O) groups is 1. The Balaban J connectivity index is 1.64.